The maximum Gasteiger partial charge on any atom is 0.294 e. The molecular weight excluding hydrogens is 560 g/mol. The standard InChI is InChI=1S/C30H24N4O5S2/c1-19-16-21(17-27-29(36)32(30(37)41-27)18-28(35)31-22-6-4-3-5-7-22)20(2)33(19)23-8-12-25(13-9-23)40-26-14-10-24(11-15-26)34(38)39/h3-17H,18H2,1-2H3,(H,31,35)/b27-17-. The van der Waals surface area contributed by atoms with Crippen LogP contribution in [0.25, 0.3) is 11.8 Å². The van der Waals surface area contributed by atoms with Crippen molar-refractivity contribution in [1.29, 1.82) is 0 Å². The first-order valence-electron chi connectivity index (χ1n) is 12.5. The van der Waals surface area contributed by atoms with Crippen LogP contribution >= 0.6 is 23.5 Å². The Morgan fingerprint density at radius 3 is 2.24 bits per heavy atom. The number of rotatable bonds is 8. The van der Waals surface area contributed by atoms with Crippen molar-refractivity contribution in [1.82, 2.24) is 9.47 Å². The lowest BCUT2D eigenvalue weighted by Gasteiger charge is -2.12. The van der Waals surface area contributed by atoms with Crippen molar-refractivity contribution in [2.24, 2.45) is 0 Å². The molecule has 1 aliphatic rings. The smallest absolute Gasteiger partial charge is 0.294 e. The summed E-state index contributed by atoms with van der Waals surface area (Å²) in [6.45, 7) is 3.54. The van der Waals surface area contributed by atoms with E-state index in [1.165, 1.54) is 23.9 Å². The number of para-hydroxylation sites is 1. The second kappa shape index (κ2) is 11.9. The van der Waals surface area contributed by atoms with E-state index in [9.17, 15) is 24.5 Å². The molecule has 1 aromatic heterocycles. The number of amides is 3. The lowest BCUT2D eigenvalue weighted by molar-refractivity contribution is -0.384. The van der Waals surface area contributed by atoms with Crippen LogP contribution in [-0.4, -0.2) is 38.0 Å². The van der Waals surface area contributed by atoms with Gasteiger partial charge >= 0.3 is 0 Å². The molecule has 41 heavy (non-hydrogen) atoms. The number of hydrogen-bond donors (Lipinski definition) is 1. The predicted octanol–water partition coefficient (Wildman–Crippen LogP) is 6.83. The molecule has 9 nitrogen and oxygen atoms in total. The summed E-state index contributed by atoms with van der Waals surface area (Å²) in [4.78, 5) is 51.6. The van der Waals surface area contributed by atoms with Crippen molar-refractivity contribution >= 4 is 58.0 Å². The van der Waals surface area contributed by atoms with Crippen molar-refractivity contribution in [2.45, 2.75) is 23.6 Å². The fraction of sp³-hybridized carbons (Fsp3) is 0.100. The zero-order valence-electron chi connectivity index (χ0n) is 22.1. The highest BCUT2D eigenvalue weighted by molar-refractivity contribution is 8.18. The molecule has 5 rings (SSSR count). The Morgan fingerprint density at radius 2 is 1.61 bits per heavy atom. The highest BCUT2D eigenvalue weighted by Crippen LogP contribution is 2.34. The van der Waals surface area contributed by atoms with Gasteiger partial charge < -0.3 is 9.88 Å². The Hall–Kier alpha value is -4.61. The Kier molecular flexibility index (Phi) is 8.09. The zero-order valence-corrected chi connectivity index (χ0v) is 23.7. The van der Waals surface area contributed by atoms with Gasteiger partial charge in [-0.1, -0.05) is 30.0 Å². The van der Waals surface area contributed by atoms with Crippen molar-refractivity contribution in [3.05, 3.63) is 117 Å². The zero-order chi connectivity index (χ0) is 29.1. The molecule has 2 heterocycles. The molecule has 3 aromatic carbocycles. The first-order valence-corrected chi connectivity index (χ1v) is 14.1. The summed E-state index contributed by atoms with van der Waals surface area (Å²) in [6, 6.07) is 25.1. The number of carbonyl (C=O) groups excluding carboxylic acids is 3. The summed E-state index contributed by atoms with van der Waals surface area (Å²) in [5.41, 5.74) is 4.21. The van der Waals surface area contributed by atoms with E-state index >= 15 is 0 Å². The monoisotopic (exact) mass is 584 g/mol. The summed E-state index contributed by atoms with van der Waals surface area (Å²) in [7, 11) is 0. The topological polar surface area (TPSA) is 115 Å². The molecule has 0 radical (unpaired) electrons. The minimum atomic E-state index is -0.499. The van der Waals surface area contributed by atoms with E-state index in [1.54, 1.807) is 42.5 Å². The number of anilines is 1. The molecule has 1 fully saturated rings. The van der Waals surface area contributed by atoms with Crippen LogP contribution in [0.1, 0.15) is 17.0 Å². The van der Waals surface area contributed by atoms with Gasteiger partial charge in [0.25, 0.3) is 16.8 Å². The minimum Gasteiger partial charge on any atom is -0.325 e. The van der Waals surface area contributed by atoms with Gasteiger partial charge in [0.05, 0.1) is 9.83 Å². The van der Waals surface area contributed by atoms with Crippen LogP contribution in [0.4, 0.5) is 16.2 Å². The largest absolute Gasteiger partial charge is 0.325 e. The predicted molar refractivity (Wildman–Crippen MR) is 160 cm³/mol. The molecule has 0 bridgehead atoms. The number of nitro groups is 1. The quantitative estimate of drug-likeness (QED) is 0.137. The third-order valence-electron chi connectivity index (χ3n) is 6.37. The number of hydrogen-bond acceptors (Lipinski definition) is 7. The number of aromatic nitrogens is 1. The molecular formula is C30H24N4O5S2. The van der Waals surface area contributed by atoms with Gasteiger partial charge in [-0.3, -0.25) is 29.4 Å². The Balaban J connectivity index is 1.29. The maximum atomic E-state index is 13.0. The summed E-state index contributed by atoms with van der Waals surface area (Å²) in [6.07, 6.45) is 1.69. The number of thioether (sulfide) groups is 1. The fourth-order valence-electron chi connectivity index (χ4n) is 4.41. The molecule has 0 saturated carbocycles. The number of imide groups is 1. The van der Waals surface area contributed by atoms with Crippen LogP contribution in [-0.2, 0) is 9.59 Å². The number of carbonyl (C=O) groups is 3. The van der Waals surface area contributed by atoms with Gasteiger partial charge in [0, 0.05) is 44.7 Å². The summed E-state index contributed by atoms with van der Waals surface area (Å²) in [5.74, 6) is -0.950. The van der Waals surface area contributed by atoms with E-state index in [4.69, 9.17) is 0 Å². The first kappa shape index (κ1) is 27.9. The SMILES string of the molecule is Cc1cc(/C=C2\SC(=O)N(CC(=O)Nc3ccccc3)C2=O)c(C)n1-c1ccc(Sc2ccc([N+](=O)[O-])cc2)cc1. The number of nitro benzene ring substituents is 1. The Morgan fingerprint density at radius 1 is 0.976 bits per heavy atom. The second-order valence-electron chi connectivity index (χ2n) is 9.19. The molecule has 0 atom stereocenters. The summed E-state index contributed by atoms with van der Waals surface area (Å²) < 4.78 is 2.06. The summed E-state index contributed by atoms with van der Waals surface area (Å²) in [5, 5.41) is 13.1. The highest BCUT2D eigenvalue weighted by atomic mass is 32.2. The lowest BCUT2D eigenvalue weighted by Crippen LogP contribution is -2.36. The van der Waals surface area contributed by atoms with Gasteiger partial charge in [-0.25, -0.2) is 0 Å². The van der Waals surface area contributed by atoms with Gasteiger partial charge in [-0.05, 0) is 91.8 Å². The maximum absolute atomic E-state index is 13.0. The third kappa shape index (κ3) is 6.26. The van der Waals surface area contributed by atoms with Crippen LogP contribution < -0.4 is 5.32 Å². The molecule has 0 unspecified atom stereocenters. The number of aryl methyl sites for hydroxylation is 1. The van der Waals surface area contributed by atoms with Crippen LogP contribution in [0.3, 0.4) is 0 Å². The second-order valence-corrected chi connectivity index (χ2v) is 11.3. The van der Waals surface area contributed by atoms with Gasteiger partial charge in [-0.15, -0.1) is 0 Å². The minimum absolute atomic E-state index is 0.0531. The normalized spacial score (nSPS) is 14.1. The van der Waals surface area contributed by atoms with Crippen LogP contribution in [0.5, 0.6) is 0 Å². The number of non-ortho nitro benzene ring substituents is 1. The number of nitrogens with zero attached hydrogens (tertiary/aromatic N) is 3. The Bertz CT molecular complexity index is 1680. The van der Waals surface area contributed by atoms with E-state index < -0.39 is 22.0 Å². The number of nitrogens with one attached hydrogen (secondary N) is 1. The van der Waals surface area contributed by atoms with Crippen molar-refractivity contribution in [3.8, 4) is 5.69 Å². The van der Waals surface area contributed by atoms with E-state index in [-0.39, 0.29) is 17.1 Å². The van der Waals surface area contributed by atoms with Crippen molar-refractivity contribution in [3.63, 3.8) is 0 Å². The van der Waals surface area contributed by atoms with E-state index in [0.29, 0.717) is 5.69 Å². The van der Waals surface area contributed by atoms with E-state index in [1.807, 2.05) is 50.2 Å². The third-order valence-corrected chi connectivity index (χ3v) is 8.29. The molecule has 0 aliphatic carbocycles. The average Bonchev–Trinajstić information content (AvgIpc) is 3.38. The fourth-order valence-corrected chi connectivity index (χ4v) is 6.06. The molecule has 0 spiro atoms. The van der Waals surface area contributed by atoms with Gasteiger partial charge in [0.2, 0.25) is 5.91 Å². The van der Waals surface area contributed by atoms with Gasteiger partial charge in [0.15, 0.2) is 0 Å². The molecule has 3 amide bonds. The molecule has 4 aromatic rings. The lowest BCUT2D eigenvalue weighted by atomic mass is 10.2. The molecule has 1 aliphatic heterocycles. The number of benzene rings is 3. The van der Waals surface area contributed by atoms with Gasteiger partial charge in [0.1, 0.15) is 6.54 Å². The summed E-state index contributed by atoms with van der Waals surface area (Å²) >= 11 is 2.32. The molecule has 1 N–H and O–H groups in total. The van der Waals surface area contributed by atoms with Crippen molar-refractivity contribution in [2.75, 3.05) is 11.9 Å². The molecule has 11 heteroatoms. The first-order chi connectivity index (χ1) is 19.7. The Labute approximate surface area is 244 Å². The van der Waals surface area contributed by atoms with Crippen LogP contribution in [0.2, 0.25) is 0 Å². The highest BCUT2D eigenvalue weighted by Gasteiger charge is 2.36. The average molecular weight is 585 g/mol. The molecule has 206 valence electrons. The van der Waals surface area contributed by atoms with Crippen molar-refractivity contribution < 1.29 is 19.3 Å². The molecule has 1 saturated heterocycles. The van der Waals surface area contributed by atoms with Crippen LogP contribution in [0, 0.1) is 24.0 Å². The van der Waals surface area contributed by atoms with Gasteiger partial charge in [-0.2, -0.15) is 0 Å². The van der Waals surface area contributed by atoms with Crippen LogP contribution in [0.15, 0.2) is 99.6 Å². The van der Waals surface area contributed by atoms with E-state index in [0.717, 1.165) is 49.1 Å². The van der Waals surface area contributed by atoms with E-state index in [2.05, 4.69) is 9.88 Å².